The molecule has 0 aromatic rings. The van der Waals surface area contributed by atoms with E-state index in [1.54, 1.807) is 6.08 Å². The molecular formula is C6H13BO2. The van der Waals surface area contributed by atoms with Gasteiger partial charge in [0.05, 0.1) is 0 Å². The van der Waals surface area contributed by atoms with E-state index in [2.05, 4.69) is 13.8 Å². The Morgan fingerprint density at radius 1 is 1.44 bits per heavy atom. The monoisotopic (exact) mass is 128 g/mol. The van der Waals surface area contributed by atoms with Gasteiger partial charge in [0.15, 0.2) is 0 Å². The molecular weight excluding hydrogens is 115 g/mol. The highest BCUT2D eigenvalue weighted by Gasteiger charge is 1.97. The summed E-state index contributed by atoms with van der Waals surface area (Å²) < 4.78 is 0. The fourth-order valence-electron chi connectivity index (χ4n) is 0.472. The first-order valence-electron chi connectivity index (χ1n) is 3.15. The van der Waals surface area contributed by atoms with E-state index in [0.717, 1.165) is 6.42 Å². The first-order chi connectivity index (χ1) is 4.13. The second kappa shape index (κ2) is 4.59. The highest BCUT2D eigenvalue weighted by Crippen LogP contribution is 1.99. The zero-order valence-corrected chi connectivity index (χ0v) is 5.91. The maximum absolute atomic E-state index is 8.33. The Balaban J connectivity index is 3.25. The molecule has 0 bridgehead atoms. The minimum absolute atomic E-state index is 0.583. The lowest BCUT2D eigenvalue weighted by molar-refractivity contribution is 0.424. The second-order valence-electron chi connectivity index (χ2n) is 2.47. The van der Waals surface area contributed by atoms with E-state index in [-0.39, 0.29) is 0 Å². The third kappa shape index (κ3) is 7.72. The largest absolute Gasteiger partial charge is 0.480 e. The van der Waals surface area contributed by atoms with Crippen molar-refractivity contribution >= 4 is 7.12 Å². The SMILES string of the molecule is CC(C)C/C=C\B(O)O. The van der Waals surface area contributed by atoms with Crippen LogP contribution in [-0.2, 0) is 0 Å². The van der Waals surface area contributed by atoms with Crippen molar-refractivity contribution in [3.05, 3.63) is 12.1 Å². The minimum Gasteiger partial charge on any atom is -0.424 e. The first-order valence-corrected chi connectivity index (χ1v) is 3.15. The normalized spacial score (nSPS) is 11.2. The maximum atomic E-state index is 8.33. The Morgan fingerprint density at radius 3 is 2.33 bits per heavy atom. The van der Waals surface area contributed by atoms with Crippen LogP contribution in [0.4, 0.5) is 0 Å². The minimum atomic E-state index is -1.29. The summed E-state index contributed by atoms with van der Waals surface area (Å²) in [4.78, 5) is 0. The van der Waals surface area contributed by atoms with Crippen LogP contribution >= 0.6 is 0 Å². The van der Waals surface area contributed by atoms with Crippen LogP contribution in [0.25, 0.3) is 0 Å². The zero-order valence-electron chi connectivity index (χ0n) is 5.91. The molecule has 0 amide bonds. The lowest BCUT2D eigenvalue weighted by atomic mass is 9.90. The summed E-state index contributed by atoms with van der Waals surface area (Å²) in [5.41, 5.74) is 0. The highest BCUT2D eigenvalue weighted by molar-refractivity contribution is 6.47. The molecule has 0 spiro atoms. The number of hydrogen-bond donors (Lipinski definition) is 2. The maximum Gasteiger partial charge on any atom is 0.480 e. The molecule has 0 aromatic heterocycles. The van der Waals surface area contributed by atoms with Crippen molar-refractivity contribution in [3.8, 4) is 0 Å². The van der Waals surface area contributed by atoms with Crippen molar-refractivity contribution in [2.45, 2.75) is 20.3 Å². The topological polar surface area (TPSA) is 40.5 Å². The summed E-state index contributed by atoms with van der Waals surface area (Å²) >= 11 is 0. The molecule has 0 radical (unpaired) electrons. The van der Waals surface area contributed by atoms with Gasteiger partial charge in [0, 0.05) is 0 Å². The predicted octanol–water partition coefficient (Wildman–Crippen LogP) is 0.601. The van der Waals surface area contributed by atoms with Gasteiger partial charge in [0.25, 0.3) is 0 Å². The van der Waals surface area contributed by atoms with Gasteiger partial charge < -0.3 is 10.0 Å². The van der Waals surface area contributed by atoms with Gasteiger partial charge in [0.1, 0.15) is 0 Å². The van der Waals surface area contributed by atoms with Crippen molar-refractivity contribution in [2.24, 2.45) is 5.92 Å². The fraction of sp³-hybridized carbons (Fsp3) is 0.667. The van der Waals surface area contributed by atoms with Crippen LogP contribution in [0.3, 0.4) is 0 Å². The third-order valence-corrected chi connectivity index (χ3v) is 0.916. The highest BCUT2D eigenvalue weighted by atomic mass is 16.4. The summed E-state index contributed by atoms with van der Waals surface area (Å²) in [5, 5.41) is 16.7. The Morgan fingerprint density at radius 2 is 2.00 bits per heavy atom. The summed E-state index contributed by atoms with van der Waals surface area (Å²) in [5.74, 6) is 1.96. The standard InChI is InChI=1S/C6H13BO2/c1-6(2)4-3-5-7(8)9/h3,5-6,8-9H,4H2,1-2H3/b5-3-. The van der Waals surface area contributed by atoms with Crippen LogP contribution in [0.1, 0.15) is 20.3 Å². The smallest absolute Gasteiger partial charge is 0.424 e. The summed E-state index contributed by atoms with van der Waals surface area (Å²) in [6.45, 7) is 4.15. The van der Waals surface area contributed by atoms with Gasteiger partial charge >= 0.3 is 7.12 Å². The average molecular weight is 128 g/mol. The molecule has 0 atom stereocenters. The molecule has 0 saturated carbocycles. The van der Waals surface area contributed by atoms with Crippen molar-refractivity contribution < 1.29 is 10.0 Å². The van der Waals surface area contributed by atoms with Gasteiger partial charge in [-0.2, -0.15) is 0 Å². The van der Waals surface area contributed by atoms with Crippen molar-refractivity contribution in [1.29, 1.82) is 0 Å². The molecule has 0 rings (SSSR count). The number of hydrogen-bond acceptors (Lipinski definition) is 2. The van der Waals surface area contributed by atoms with Gasteiger partial charge in [-0.1, -0.05) is 25.9 Å². The Hall–Kier alpha value is -0.275. The zero-order chi connectivity index (χ0) is 7.28. The van der Waals surface area contributed by atoms with Crippen LogP contribution in [0.2, 0.25) is 0 Å². The van der Waals surface area contributed by atoms with E-state index in [1.807, 2.05) is 0 Å². The molecule has 0 saturated heterocycles. The lowest BCUT2D eigenvalue weighted by Gasteiger charge is -1.95. The molecule has 0 aliphatic carbocycles. The van der Waals surface area contributed by atoms with Crippen LogP contribution in [0, 0.1) is 5.92 Å². The molecule has 0 unspecified atom stereocenters. The molecule has 52 valence electrons. The van der Waals surface area contributed by atoms with Crippen LogP contribution in [-0.4, -0.2) is 17.2 Å². The van der Waals surface area contributed by atoms with Gasteiger partial charge in [-0.05, 0) is 12.3 Å². The molecule has 0 aromatic carbocycles. The van der Waals surface area contributed by atoms with Crippen molar-refractivity contribution in [3.63, 3.8) is 0 Å². The summed E-state index contributed by atoms with van der Waals surface area (Å²) in [7, 11) is -1.29. The van der Waals surface area contributed by atoms with Gasteiger partial charge in [-0.15, -0.1) is 0 Å². The molecule has 2 N–H and O–H groups in total. The van der Waals surface area contributed by atoms with Crippen molar-refractivity contribution in [1.82, 2.24) is 0 Å². The Kier molecular flexibility index (Phi) is 4.45. The average Bonchev–Trinajstić information content (AvgIpc) is 1.63. The molecule has 0 fully saturated rings. The van der Waals surface area contributed by atoms with E-state index < -0.39 is 7.12 Å². The predicted molar refractivity (Wildman–Crippen MR) is 38.8 cm³/mol. The Bertz CT molecular complexity index is 89.1. The van der Waals surface area contributed by atoms with Gasteiger partial charge in [0.2, 0.25) is 0 Å². The third-order valence-electron chi connectivity index (χ3n) is 0.916. The molecule has 0 heterocycles. The van der Waals surface area contributed by atoms with Crippen LogP contribution in [0.15, 0.2) is 12.1 Å². The fourth-order valence-corrected chi connectivity index (χ4v) is 0.472. The summed E-state index contributed by atoms with van der Waals surface area (Å²) in [6, 6.07) is 0. The van der Waals surface area contributed by atoms with E-state index >= 15 is 0 Å². The Labute approximate surface area is 56.4 Å². The van der Waals surface area contributed by atoms with Crippen molar-refractivity contribution in [2.75, 3.05) is 0 Å². The molecule has 3 heteroatoms. The quantitative estimate of drug-likeness (QED) is 0.546. The lowest BCUT2D eigenvalue weighted by Crippen LogP contribution is -2.05. The van der Waals surface area contributed by atoms with Gasteiger partial charge in [-0.3, -0.25) is 0 Å². The molecule has 9 heavy (non-hydrogen) atoms. The number of rotatable bonds is 3. The molecule has 0 aliphatic heterocycles. The summed E-state index contributed by atoms with van der Waals surface area (Å²) in [6.07, 6.45) is 2.67. The van der Waals surface area contributed by atoms with Gasteiger partial charge in [-0.25, -0.2) is 0 Å². The van der Waals surface area contributed by atoms with Crippen LogP contribution in [0.5, 0.6) is 0 Å². The molecule has 0 aliphatic rings. The van der Waals surface area contributed by atoms with E-state index in [1.165, 1.54) is 5.98 Å². The van der Waals surface area contributed by atoms with E-state index in [4.69, 9.17) is 10.0 Å². The number of allylic oxidation sites excluding steroid dienone is 1. The second-order valence-corrected chi connectivity index (χ2v) is 2.47. The van der Waals surface area contributed by atoms with E-state index in [0.29, 0.717) is 5.92 Å². The first kappa shape index (κ1) is 8.72. The molecule has 2 nitrogen and oxygen atoms in total. The van der Waals surface area contributed by atoms with E-state index in [9.17, 15) is 0 Å². The van der Waals surface area contributed by atoms with Crippen LogP contribution < -0.4 is 0 Å².